The summed E-state index contributed by atoms with van der Waals surface area (Å²) in [5.74, 6) is 0.122. The number of carbonyl (C=O) groups is 1. The number of esters is 1. The van der Waals surface area contributed by atoms with Crippen LogP contribution in [0, 0.1) is 0 Å². The van der Waals surface area contributed by atoms with E-state index in [1.54, 1.807) is 17.8 Å². The van der Waals surface area contributed by atoms with E-state index in [2.05, 4.69) is 20.4 Å². The number of hydrogen-bond acceptors (Lipinski definition) is 6. The molecule has 0 aliphatic carbocycles. The topological polar surface area (TPSA) is 81.9 Å². The van der Waals surface area contributed by atoms with Crippen LogP contribution in [-0.4, -0.2) is 38.9 Å². The maximum absolute atomic E-state index is 12.1. The van der Waals surface area contributed by atoms with Gasteiger partial charge in [-0.15, -0.1) is 0 Å². The van der Waals surface area contributed by atoms with Crippen LogP contribution in [0.15, 0.2) is 12.4 Å². The van der Waals surface area contributed by atoms with Gasteiger partial charge in [0.2, 0.25) is 0 Å². The lowest BCUT2D eigenvalue weighted by atomic mass is 10.0. The van der Waals surface area contributed by atoms with Gasteiger partial charge in [-0.25, -0.2) is 14.8 Å². The number of nitrogens with one attached hydrogen (secondary N) is 1. The Hall–Kier alpha value is -2.28. The summed E-state index contributed by atoms with van der Waals surface area (Å²) in [6.45, 7) is 3.55. The molecule has 0 unspecified atom stereocenters. The van der Waals surface area contributed by atoms with E-state index in [4.69, 9.17) is 4.74 Å². The van der Waals surface area contributed by atoms with Gasteiger partial charge in [0.05, 0.1) is 24.1 Å². The Kier molecular flexibility index (Phi) is 3.66. The zero-order chi connectivity index (χ0) is 14.8. The molecule has 7 nitrogen and oxygen atoms in total. The van der Waals surface area contributed by atoms with Gasteiger partial charge in [-0.1, -0.05) is 0 Å². The van der Waals surface area contributed by atoms with Crippen molar-refractivity contribution in [3.05, 3.63) is 29.3 Å². The Morgan fingerprint density at radius 1 is 1.48 bits per heavy atom. The van der Waals surface area contributed by atoms with E-state index in [9.17, 15) is 4.79 Å². The zero-order valence-corrected chi connectivity index (χ0v) is 12.1. The summed E-state index contributed by atoms with van der Waals surface area (Å²) in [6, 6.07) is 0. The number of hydrogen-bond donors (Lipinski definition) is 1. The number of fused-ring (bicyclic) bond motifs is 1. The molecule has 3 heterocycles. The molecule has 0 aromatic carbocycles. The summed E-state index contributed by atoms with van der Waals surface area (Å²) in [6.07, 6.45) is 4.30. The molecule has 0 bridgehead atoms. The van der Waals surface area contributed by atoms with Gasteiger partial charge in [-0.05, 0) is 6.92 Å². The maximum Gasteiger partial charge on any atom is 0.357 e. The number of aromatic nitrogens is 4. The average Bonchev–Trinajstić information content (AvgIpc) is 2.93. The highest BCUT2D eigenvalue weighted by Crippen LogP contribution is 2.21. The Bertz CT molecular complexity index is 680. The molecule has 2 aromatic rings. The Morgan fingerprint density at radius 2 is 2.33 bits per heavy atom. The van der Waals surface area contributed by atoms with Gasteiger partial charge in [0, 0.05) is 38.3 Å². The molecule has 1 aliphatic rings. The van der Waals surface area contributed by atoms with Gasteiger partial charge >= 0.3 is 5.97 Å². The molecule has 21 heavy (non-hydrogen) atoms. The van der Waals surface area contributed by atoms with E-state index >= 15 is 0 Å². The Balaban J connectivity index is 2.10. The monoisotopic (exact) mass is 287 g/mol. The summed E-state index contributed by atoms with van der Waals surface area (Å²) in [4.78, 5) is 21.1. The smallest absolute Gasteiger partial charge is 0.357 e. The van der Waals surface area contributed by atoms with Gasteiger partial charge in [0.25, 0.3) is 0 Å². The summed E-state index contributed by atoms with van der Waals surface area (Å²) < 4.78 is 6.80. The molecule has 0 amide bonds. The van der Waals surface area contributed by atoms with E-state index < -0.39 is 5.97 Å². The Labute approximate surface area is 122 Å². The van der Waals surface area contributed by atoms with Crippen molar-refractivity contribution in [1.29, 1.82) is 0 Å². The lowest BCUT2D eigenvalue weighted by molar-refractivity contribution is 0.0517. The molecule has 110 valence electrons. The van der Waals surface area contributed by atoms with E-state index in [1.165, 1.54) is 0 Å². The second-order valence-electron chi connectivity index (χ2n) is 4.87. The lowest BCUT2D eigenvalue weighted by Gasteiger charge is -2.19. The van der Waals surface area contributed by atoms with Crippen LogP contribution in [-0.2, 0) is 24.8 Å². The first-order chi connectivity index (χ1) is 10.2. The average molecular weight is 287 g/mol. The summed E-state index contributed by atoms with van der Waals surface area (Å²) >= 11 is 0. The molecular formula is C14H17N5O2. The molecule has 1 N–H and O–H groups in total. The third-order valence-corrected chi connectivity index (χ3v) is 3.36. The SMILES string of the molecule is CCOC(=O)c1nc(-c2cnn(C)c2)nc2c1CNCC2. The molecule has 2 aromatic heterocycles. The first-order valence-corrected chi connectivity index (χ1v) is 6.95. The van der Waals surface area contributed by atoms with Crippen LogP contribution in [0.3, 0.4) is 0 Å². The minimum atomic E-state index is -0.398. The predicted molar refractivity (Wildman–Crippen MR) is 75.6 cm³/mol. The summed E-state index contributed by atoms with van der Waals surface area (Å²) in [7, 11) is 1.83. The quantitative estimate of drug-likeness (QED) is 0.837. The van der Waals surface area contributed by atoms with Crippen molar-refractivity contribution < 1.29 is 9.53 Å². The molecular weight excluding hydrogens is 270 g/mol. The Morgan fingerprint density at radius 3 is 3.05 bits per heavy atom. The maximum atomic E-state index is 12.1. The fourth-order valence-electron chi connectivity index (χ4n) is 2.38. The zero-order valence-electron chi connectivity index (χ0n) is 12.1. The number of aryl methyl sites for hydroxylation is 1. The van der Waals surface area contributed by atoms with E-state index in [0.717, 1.165) is 29.8 Å². The van der Waals surface area contributed by atoms with Crippen molar-refractivity contribution in [1.82, 2.24) is 25.1 Å². The van der Waals surface area contributed by atoms with Crippen molar-refractivity contribution in [2.75, 3.05) is 13.2 Å². The van der Waals surface area contributed by atoms with E-state index in [0.29, 0.717) is 24.7 Å². The lowest BCUT2D eigenvalue weighted by Crippen LogP contribution is -2.28. The molecule has 3 rings (SSSR count). The first kappa shape index (κ1) is 13.7. The molecule has 0 saturated carbocycles. The van der Waals surface area contributed by atoms with Crippen LogP contribution in [0.2, 0.25) is 0 Å². The van der Waals surface area contributed by atoms with Gasteiger partial charge in [-0.2, -0.15) is 5.10 Å². The fraction of sp³-hybridized carbons (Fsp3) is 0.429. The number of carbonyl (C=O) groups excluding carboxylic acids is 1. The van der Waals surface area contributed by atoms with Crippen LogP contribution >= 0.6 is 0 Å². The van der Waals surface area contributed by atoms with Gasteiger partial charge in [-0.3, -0.25) is 4.68 Å². The summed E-state index contributed by atoms with van der Waals surface area (Å²) in [5.41, 5.74) is 2.90. The van der Waals surface area contributed by atoms with Crippen LogP contribution in [0.5, 0.6) is 0 Å². The van der Waals surface area contributed by atoms with Crippen LogP contribution in [0.4, 0.5) is 0 Å². The number of ether oxygens (including phenoxy) is 1. The normalized spacial score (nSPS) is 13.8. The van der Waals surface area contributed by atoms with Crippen LogP contribution < -0.4 is 5.32 Å². The number of rotatable bonds is 3. The second-order valence-corrected chi connectivity index (χ2v) is 4.87. The molecule has 1 aliphatic heterocycles. The van der Waals surface area contributed by atoms with E-state index in [1.807, 2.05) is 13.2 Å². The molecule has 0 fully saturated rings. The third kappa shape index (κ3) is 2.64. The molecule has 0 saturated heterocycles. The van der Waals surface area contributed by atoms with Crippen molar-refractivity contribution in [3.63, 3.8) is 0 Å². The van der Waals surface area contributed by atoms with Crippen molar-refractivity contribution in [2.45, 2.75) is 19.9 Å². The third-order valence-electron chi connectivity index (χ3n) is 3.36. The second kappa shape index (κ2) is 5.61. The largest absolute Gasteiger partial charge is 0.461 e. The highest BCUT2D eigenvalue weighted by Gasteiger charge is 2.23. The highest BCUT2D eigenvalue weighted by molar-refractivity contribution is 5.89. The van der Waals surface area contributed by atoms with Crippen LogP contribution in [0.25, 0.3) is 11.4 Å². The van der Waals surface area contributed by atoms with E-state index in [-0.39, 0.29) is 0 Å². The molecule has 0 spiro atoms. The minimum absolute atomic E-state index is 0.327. The van der Waals surface area contributed by atoms with Gasteiger partial charge in [0.1, 0.15) is 0 Å². The van der Waals surface area contributed by atoms with Gasteiger partial charge < -0.3 is 10.1 Å². The predicted octanol–water partition coefficient (Wildman–Crippen LogP) is 0.700. The minimum Gasteiger partial charge on any atom is -0.461 e. The van der Waals surface area contributed by atoms with Crippen LogP contribution in [0.1, 0.15) is 28.7 Å². The van der Waals surface area contributed by atoms with Crippen molar-refractivity contribution >= 4 is 5.97 Å². The highest BCUT2D eigenvalue weighted by atomic mass is 16.5. The van der Waals surface area contributed by atoms with Crippen molar-refractivity contribution in [3.8, 4) is 11.4 Å². The number of nitrogens with zero attached hydrogens (tertiary/aromatic N) is 4. The summed E-state index contributed by atoms with van der Waals surface area (Å²) in [5, 5.41) is 7.36. The standard InChI is InChI=1S/C14H17N5O2/c1-3-21-14(20)12-10-7-15-5-4-11(10)17-13(18-12)9-6-16-19(2)8-9/h6,8,15H,3-5,7H2,1-2H3. The molecule has 7 heteroatoms. The first-order valence-electron chi connectivity index (χ1n) is 6.95. The molecule has 0 radical (unpaired) electrons. The fourth-order valence-corrected chi connectivity index (χ4v) is 2.38. The molecule has 0 atom stereocenters. The van der Waals surface area contributed by atoms with Gasteiger partial charge in [0.15, 0.2) is 11.5 Å². The van der Waals surface area contributed by atoms with Crippen molar-refractivity contribution in [2.24, 2.45) is 7.05 Å².